The van der Waals surface area contributed by atoms with Gasteiger partial charge in [0.25, 0.3) is 0 Å². The smallest absolute Gasteiger partial charge is 0.121 e. The summed E-state index contributed by atoms with van der Waals surface area (Å²) in [5, 5.41) is 4.10. The third-order valence-electron chi connectivity index (χ3n) is 1.70. The SMILES string of the molecule is COc1cc(Cl)c(NCCN)c(Cl)c1. The van der Waals surface area contributed by atoms with E-state index in [-0.39, 0.29) is 0 Å². The Kier molecular flexibility index (Phi) is 4.32. The van der Waals surface area contributed by atoms with Crippen LogP contribution in [-0.2, 0) is 0 Å². The Morgan fingerprint density at radius 3 is 2.36 bits per heavy atom. The van der Waals surface area contributed by atoms with Crippen molar-refractivity contribution in [2.24, 2.45) is 5.73 Å². The van der Waals surface area contributed by atoms with Crippen LogP contribution in [-0.4, -0.2) is 20.2 Å². The van der Waals surface area contributed by atoms with Gasteiger partial charge in [0.15, 0.2) is 0 Å². The largest absolute Gasteiger partial charge is 0.497 e. The van der Waals surface area contributed by atoms with Crippen molar-refractivity contribution in [1.82, 2.24) is 0 Å². The fraction of sp³-hybridized carbons (Fsp3) is 0.333. The second-order valence-electron chi connectivity index (χ2n) is 2.68. The monoisotopic (exact) mass is 234 g/mol. The van der Waals surface area contributed by atoms with E-state index in [4.69, 9.17) is 33.7 Å². The maximum atomic E-state index is 5.98. The number of benzene rings is 1. The Morgan fingerprint density at radius 1 is 1.36 bits per heavy atom. The molecule has 0 saturated carbocycles. The summed E-state index contributed by atoms with van der Waals surface area (Å²) in [6, 6.07) is 3.40. The van der Waals surface area contributed by atoms with Gasteiger partial charge in [-0.25, -0.2) is 0 Å². The summed E-state index contributed by atoms with van der Waals surface area (Å²) in [4.78, 5) is 0. The molecule has 3 nitrogen and oxygen atoms in total. The quantitative estimate of drug-likeness (QED) is 0.842. The molecule has 0 heterocycles. The van der Waals surface area contributed by atoms with Crippen LogP contribution in [0.4, 0.5) is 5.69 Å². The molecule has 0 unspecified atom stereocenters. The standard InChI is InChI=1S/C9H12Cl2N2O/c1-14-6-4-7(10)9(8(11)5-6)13-3-2-12/h4-5,13H,2-3,12H2,1H3. The average molecular weight is 235 g/mol. The van der Waals surface area contributed by atoms with E-state index in [9.17, 15) is 0 Å². The van der Waals surface area contributed by atoms with E-state index >= 15 is 0 Å². The van der Waals surface area contributed by atoms with Gasteiger partial charge in [0, 0.05) is 25.2 Å². The zero-order valence-corrected chi connectivity index (χ0v) is 9.32. The molecule has 1 rings (SSSR count). The maximum Gasteiger partial charge on any atom is 0.121 e. The second kappa shape index (κ2) is 5.29. The number of anilines is 1. The number of hydrogen-bond donors (Lipinski definition) is 2. The highest BCUT2D eigenvalue weighted by Crippen LogP contribution is 2.34. The second-order valence-corrected chi connectivity index (χ2v) is 3.50. The highest BCUT2D eigenvalue weighted by atomic mass is 35.5. The summed E-state index contributed by atoms with van der Waals surface area (Å²) < 4.78 is 5.01. The van der Waals surface area contributed by atoms with E-state index < -0.39 is 0 Å². The average Bonchev–Trinajstić information content (AvgIpc) is 2.16. The molecule has 14 heavy (non-hydrogen) atoms. The third-order valence-corrected chi connectivity index (χ3v) is 2.29. The number of ether oxygens (including phenoxy) is 1. The van der Waals surface area contributed by atoms with E-state index in [1.165, 1.54) is 0 Å². The first-order valence-corrected chi connectivity index (χ1v) is 4.91. The predicted molar refractivity (Wildman–Crippen MR) is 60.6 cm³/mol. The van der Waals surface area contributed by atoms with Gasteiger partial charge in [0.05, 0.1) is 22.8 Å². The van der Waals surface area contributed by atoms with Gasteiger partial charge in [-0.15, -0.1) is 0 Å². The number of methoxy groups -OCH3 is 1. The summed E-state index contributed by atoms with van der Waals surface area (Å²) in [5.74, 6) is 0.637. The Bertz CT molecular complexity index is 295. The summed E-state index contributed by atoms with van der Waals surface area (Å²) in [6.07, 6.45) is 0. The molecule has 0 spiro atoms. The van der Waals surface area contributed by atoms with E-state index in [0.29, 0.717) is 34.6 Å². The fourth-order valence-electron chi connectivity index (χ4n) is 1.03. The molecule has 5 heteroatoms. The van der Waals surface area contributed by atoms with Crippen molar-refractivity contribution in [1.29, 1.82) is 0 Å². The summed E-state index contributed by atoms with van der Waals surface area (Å²) in [7, 11) is 1.56. The molecule has 0 bridgehead atoms. The molecule has 0 amide bonds. The zero-order chi connectivity index (χ0) is 10.6. The molecular formula is C9H12Cl2N2O. The van der Waals surface area contributed by atoms with Crippen LogP contribution in [0.25, 0.3) is 0 Å². The van der Waals surface area contributed by atoms with Crippen LogP contribution in [0.15, 0.2) is 12.1 Å². The van der Waals surface area contributed by atoms with Gasteiger partial charge in [-0.1, -0.05) is 23.2 Å². The molecular weight excluding hydrogens is 223 g/mol. The number of rotatable bonds is 4. The van der Waals surface area contributed by atoms with E-state index in [0.717, 1.165) is 0 Å². The normalized spacial score (nSPS) is 10.0. The maximum absolute atomic E-state index is 5.98. The molecule has 0 aliphatic rings. The molecule has 0 atom stereocenters. The van der Waals surface area contributed by atoms with E-state index in [1.54, 1.807) is 19.2 Å². The Morgan fingerprint density at radius 2 is 1.93 bits per heavy atom. The van der Waals surface area contributed by atoms with Crippen molar-refractivity contribution >= 4 is 28.9 Å². The van der Waals surface area contributed by atoms with Crippen molar-refractivity contribution in [3.63, 3.8) is 0 Å². The lowest BCUT2D eigenvalue weighted by molar-refractivity contribution is 0.415. The number of halogens is 2. The van der Waals surface area contributed by atoms with E-state index in [2.05, 4.69) is 5.32 Å². The van der Waals surface area contributed by atoms with Gasteiger partial charge < -0.3 is 15.8 Å². The summed E-state index contributed by atoms with van der Waals surface area (Å²) in [6.45, 7) is 1.16. The van der Waals surface area contributed by atoms with Crippen LogP contribution in [0, 0.1) is 0 Å². The minimum Gasteiger partial charge on any atom is -0.497 e. The molecule has 3 N–H and O–H groups in total. The zero-order valence-electron chi connectivity index (χ0n) is 7.81. The van der Waals surface area contributed by atoms with Crippen LogP contribution >= 0.6 is 23.2 Å². The van der Waals surface area contributed by atoms with Gasteiger partial charge in [0.1, 0.15) is 5.75 Å². The van der Waals surface area contributed by atoms with Gasteiger partial charge in [0.2, 0.25) is 0 Å². The molecule has 0 aromatic heterocycles. The van der Waals surface area contributed by atoms with Crippen LogP contribution in [0.3, 0.4) is 0 Å². The van der Waals surface area contributed by atoms with Crippen LogP contribution < -0.4 is 15.8 Å². The molecule has 0 radical (unpaired) electrons. The van der Waals surface area contributed by atoms with Gasteiger partial charge in [-0.2, -0.15) is 0 Å². The van der Waals surface area contributed by atoms with Crippen molar-refractivity contribution in [3.05, 3.63) is 22.2 Å². The fourth-order valence-corrected chi connectivity index (χ4v) is 1.63. The minimum absolute atomic E-state index is 0.526. The third kappa shape index (κ3) is 2.67. The lowest BCUT2D eigenvalue weighted by atomic mass is 10.3. The summed E-state index contributed by atoms with van der Waals surface area (Å²) in [5.41, 5.74) is 6.05. The number of hydrogen-bond acceptors (Lipinski definition) is 3. The predicted octanol–water partition coefficient (Wildman–Crippen LogP) is 2.37. The molecule has 0 fully saturated rings. The molecule has 1 aromatic rings. The minimum atomic E-state index is 0.526. The van der Waals surface area contributed by atoms with Crippen LogP contribution in [0.1, 0.15) is 0 Å². The lowest BCUT2D eigenvalue weighted by Gasteiger charge is -2.10. The lowest BCUT2D eigenvalue weighted by Crippen LogP contribution is -2.13. The first-order valence-electron chi connectivity index (χ1n) is 4.16. The van der Waals surface area contributed by atoms with Gasteiger partial charge >= 0.3 is 0 Å². The van der Waals surface area contributed by atoms with Crippen molar-refractivity contribution in [3.8, 4) is 5.75 Å². The molecule has 0 aliphatic carbocycles. The van der Waals surface area contributed by atoms with Crippen LogP contribution in [0.5, 0.6) is 5.75 Å². The Hall–Kier alpha value is -0.640. The summed E-state index contributed by atoms with van der Waals surface area (Å²) >= 11 is 12.0. The van der Waals surface area contributed by atoms with Gasteiger partial charge in [-0.3, -0.25) is 0 Å². The van der Waals surface area contributed by atoms with Crippen LogP contribution in [0.2, 0.25) is 10.0 Å². The van der Waals surface area contributed by atoms with Crippen molar-refractivity contribution in [2.45, 2.75) is 0 Å². The first kappa shape index (κ1) is 11.4. The highest BCUT2D eigenvalue weighted by molar-refractivity contribution is 6.39. The first-order chi connectivity index (χ1) is 6.69. The number of nitrogens with two attached hydrogens (primary N) is 1. The topological polar surface area (TPSA) is 47.3 Å². The van der Waals surface area contributed by atoms with Gasteiger partial charge in [-0.05, 0) is 0 Å². The number of nitrogens with one attached hydrogen (secondary N) is 1. The molecule has 78 valence electrons. The van der Waals surface area contributed by atoms with Crippen molar-refractivity contribution < 1.29 is 4.74 Å². The molecule has 0 aliphatic heterocycles. The van der Waals surface area contributed by atoms with Crippen molar-refractivity contribution in [2.75, 3.05) is 25.5 Å². The Labute approximate surface area is 93.1 Å². The Balaban J connectivity index is 2.93. The molecule has 1 aromatic carbocycles. The highest BCUT2D eigenvalue weighted by Gasteiger charge is 2.07. The molecule has 0 saturated heterocycles. The van der Waals surface area contributed by atoms with E-state index in [1.807, 2.05) is 0 Å².